The number of amides is 1. The van der Waals surface area contributed by atoms with Crippen LogP contribution >= 0.6 is 0 Å². The summed E-state index contributed by atoms with van der Waals surface area (Å²) in [7, 11) is 0. The number of hydrogen-bond acceptors (Lipinski definition) is 3. The molecule has 0 spiro atoms. The van der Waals surface area contributed by atoms with Crippen molar-refractivity contribution in [3.8, 4) is 0 Å². The number of hydrogen-bond donors (Lipinski definition) is 1. The second kappa shape index (κ2) is 6.57. The number of para-hydroxylation sites is 1. The monoisotopic (exact) mass is 287 g/mol. The van der Waals surface area contributed by atoms with E-state index in [1.807, 2.05) is 6.92 Å². The molecule has 4 heteroatoms. The molecule has 1 N–H and O–H groups in total. The lowest BCUT2D eigenvalue weighted by molar-refractivity contribution is 0.0909. The molecule has 1 amide bonds. The first-order valence-corrected chi connectivity index (χ1v) is 7.31. The van der Waals surface area contributed by atoms with Gasteiger partial charge in [0.15, 0.2) is 11.2 Å². The first kappa shape index (κ1) is 15.3. The molecule has 1 aromatic heterocycles. The SMILES string of the molecule is CC(C)CCC(C)NC(=O)c1cc(=O)c2ccccc2o1. The summed E-state index contributed by atoms with van der Waals surface area (Å²) in [5.74, 6) is 0.326. The maximum Gasteiger partial charge on any atom is 0.287 e. The molecule has 4 nitrogen and oxygen atoms in total. The molecule has 1 aromatic carbocycles. The Bertz CT molecular complexity index is 688. The van der Waals surface area contributed by atoms with Gasteiger partial charge in [-0.1, -0.05) is 26.0 Å². The van der Waals surface area contributed by atoms with E-state index in [0.29, 0.717) is 16.9 Å². The van der Waals surface area contributed by atoms with E-state index in [1.165, 1.54) is 6.07 Å². The predicted octanol–water partition coefficient (Wildman–Crippen LogP) is 3.35. The first-order valence-electron chi connectivity index (χ1n) is 7.31. The van der Waals surface area contributed by atoms with E-state index in [1.54, 1.807) is 24.3 Å². The third kappa shape index (κ3) is 3.94. The zero-order valence-corrected chi connectivity index (χ0v) is 12.7. The van der Waals surface area contributed by atoms with Gasteiger partial charge in [-0.15, -0.1) is 0 Å². The molecule has 1 atom stereocenters. The minimum Gasteiger partial charge on any atom is -0.451 e. The summed E-state index contributed by atoms with van der Waals surface area (Å²) in [6.07, 6.45) is 1.95. The van der Waals surface area contributed by atoms with Crippen molar-refractivity contribution in [2.45, 2.75) is 39.7 Å². The number of rotatable bonds is 5. The molecular formula is C17H21NO3. The predicted molar refractivity (Wildman–Crippen MR) is 83.5 cm³/mol. The molecule has 0 fully saturated rings. The van der Waals surface area contributed by atoms with Crippen LogP contribution in [0.25, 0.3) is 11.0 Å². The van der Waals surface area contributed by atoms with Crippen LogP contribution in [0.3, 0.4) is 0 Å². The van der Waals surface area contributed by atoms with Gasteiger partial charge in [-0.05, 0) is 37.8 Å². The Labute approximate surface area is 124 Å². The van der Waals surface area contributed by atoms with E-state index in [4.69, 9.17) is 4.42 Å². The smallest absolute Gasteiger partial charge is 0.287 e. The number of carbonyl (C=O) groups is 1. The van der Waals surface area contributed by atoms with Crippen LogP contribution in [0, 0.1) is 5.92 Å². The summed E-state index contributed by atoms with van der Waals surface area (Å²) in [6, 6.07) is 8.23. The molecule has 21 heavy (non-hydrogen) atoms. The minimum atomic E-state index is -0.339. The van der Waals surface area contributed by atoms with Crippen molar-refractivity contribution in [2.24, 2.45) is 5.92 Å². The highest BCUT2D eigenvalue weighted by Crippen LogP contribution is 2.12. The van der Waals surface area contributed by atoms with Gasteiger partial charge >= 0.3 is 0 Å². The summed E-state index contributed by atoms with van der Waals surface area (Å²) in [4.78, 5) is 24.1. The van der Waals surface area contributed by atoms with Crippen LogP contribution in [0.1, 0.15) is 44.2 Å². The van der Waals surface area contributed by atoms with E-state index in [2.05, 4.69) is 19.2 Å². The fraction of sp³-hybridized carbons (Fsp3) is 0.412. The second-order valence-corrected chi connectivity index (χ2v) is 5.82. The normalized spacial score (nSPS) is 12.6. The van der Waals surface area contributed by atoms with Gasteiger partial charge in [-0.25, -0.2) is 0 Å². The lowest BCUT2D eigenvalue weighted by Crippen LogP contribution is -2.33. The number of benzene rings is 1. The molecule has 2 aromatic rings. The Morgan fingerprint density at radius 2 is 1.90 bits per heavy atom. The number of fused-ring (bicyclic) bond motifs is 1. The van der Waals surface area contributed by atoms with Crippen LogP contribution in [0.4, 0.5) is 0 Å². The van der Waals surface area contributed by atoms with Crippen LogP contribution < -0.4 is 10.7 Å². The van der Waals surface area contributed by atoms with E-state index in [9.17, 15) is 9.59 Å². The standard InChI is InChI=1S/C17H21NO3/c1-11(2)8-9-12(3)18-17(20)16-10-14(19)13-6-4-5-7-15(13)21-16/h4-7,10-12H,8-9H2,1-3H3,(H,18,20). The highest BCUT2D eigenvalue weighted by atomic mass is 16.3. The van der Waals surface area contributed by atoms with Crippen molar-refractivity contribution in [3.05, 3.63) is 46.3 Å². The van der Waals surface area contributed by atoms with Crippen LogP contribution in [-0.4, -0.2) is 11.9 Å². The van der Waals surface area contributed by atoms with Crippen molar-refractivity contribution < 1.29 is 9.21 Å². The van der Waals surface area contributed by atoms with Crippen molar-refractivity contribution >= 4 is 16.9 Å². The lowest BCUT2D eigenvalue weighted by atomic mass is 10.0. The fourth-order valence-corrected chi connectivity index (χ4v) is 2.17. The second-order valence-electron chi connectivity index (χ2n) is 5.82. The summed E-state index contributed by atoms with van der Waals surface area (Å²) >= 11 is 0. The molecule has 2 rings (SSSR count). The zero-order chi connectivity index (χ0) is 15.4. The molecule has 0 bridgehead atoms. The van der Waals surface area contributed by atoms with Crippen LogP contribution in [0.2, 0.25) is 0 Å². The van der Waals surface area contributed by atoms with Crippen LogP contribution in [0.5, 0.6) is 0 Å². The first-order chi connectivity index (χ1) is 9.97. The van der Waals surface area contributed by atoms with Gasteiger partial charge in [-0.3, -0.25) is 9.59 Å². The van der Waals surface area contributed by atoms with Gasteiger partial charge in [-0.2, -0.15) is 0 Å². The third-order valence-electron chi connectivity index (χ3n) is 3.41. The van der Waals surface area contributed by atoms with E-state index >= 15 is 0 Å². The molecule has 0 aliphatic heterocycles. The molecule has 0 aliphatic rings. The van der Waals surface area contributed by atoms with E-state index in [0.717, 1.165) is 12.8 Å². The Kier molecular flexibility index (Phi) is 4.78. The average Bonchev–Trinajstić information content (AvgIpc) is 2.45. The summed E-state index contributed by atoms with van der Waals surface area (Å²) in [6.45, 7) is 6.26. The van der Waals surface area contributed by atoms with Gasteiger partial charge in [0.05, 0.1) is 5.39 Å². The molecule has 1 unspecified atom stereocenters. The molecule has 112 valence electrons. The van der Waals surface area contributed by atoms with Gasteiger partial charge in [0.2, 0.25) is 0 Å². The average molecular weight is 287 g/mol. The topological polar surface area (TPSA) is 59.3 Å². The van der Waals surface area contributed by atoms with Crippen molar-refractivity contribution in [1.29, 1.82) is 0 Å². The summed E-state index contributed by atoms with van der Waals surface area (Å²) in [5, 5.41) is 3.36. The Hall–Kier alpha value is -2.10. The molecule has 1 heterocycles. The maximum absolute atomic E-state index is 12.2. The highest BCUT2D eigenvalue weighted by Gasteiger charge is 2.14. The fourth-order valence-electron chi connectivity index (χ4n) is 2.17. The van der Waals surface area contributed by atoms with Crippen LogP contribution in [0.15, 0.2) is 39.5 Å². The van der Waals surface area contributed by atoms with Gasteiger partial charge in [0.1, 0.15) is 5.58 Å². The highest BCUT2D eigenvalue weighted by molar-refractivity contribution is 5.93. The number of nitrogens with one attached hydrogen (secondary N) is 1. The molecule has 0 aliphatic carbocycles. The summed E-state index contributed by atoms with van der Waals surface area (Å²) < 4.78 is 5.52. The number of carbonyl (C=O) groups excluding carboxylic acids is 1. The van der Waals surface area contributed by atoms with Gasteiger partial charge < -0.3 is 9.73 Å². The third-order valence-corrected chi connectivity index (χ3v) is 3.41. The van der Waals surface area contributed by atoms with Crippen molar-refractivity contribution in [3.63, 3.8) is 0 Å². The summed E-state index contributed by atoms with van der Waals surface area (Å²) in [5.41, 5.74) is 0.238. The van der Waals surface area contributed by atoms with E-state index < -0.39 is 0 Å². The van der Waals surface area contributed by atoms with Gasteiger partial charge in [0, 0.05) is 12.1 Å². The van der Waals surface area contributed by atoms with Crippen molar-refractivity contribution in [1.82, 2.24) is 5.32 Å². The van der Waals surface area contributed by atoms with Gasteiger partial charge in [0.25, 0.3) is 5.91 Å². The van der Waals surface area contributed by atoms with Crippen LogP contribution in [-0.2, 0) is 0 Å². The minimum absolute atomic E-state index is 0.0525. The molecule has 0 saturated carbocycles. The Balaban J connectivity index is 2.14. The molecule has 0 radical (unpaired) electrons. The largest absolute Gasteiger partial charge is 0.451 e. The molecule has 0 saturated heterocycles. The lowest BCUT2D eigenvalue weighted by Gasteiger charge is -2.14. The zero-order valence-electron chi connectivity index (χ0n) is 12.7. The molecular weight excluding hydrogens is 266 g/mol. The quantitative estimate of drug-likeness (QED) is 0.917. The van der Waals surface area contributed by atoms with E-state index in [-0.39, 0.29) is 23.1 Å². The Morgan fingerprint density at radius 3 is 2.62 bits per heavy atom. The van der Waals surface area contributed by atoms with Crippen molar-refractivity contribution in [2.75, 3.05) is 0 Å². The Morgan fingerprint density at radius 1 is 1.19 bits per heavy atom. The maximum atomic E-state index is 12.2.